The number of carbonyl (C=O) groups excluding carboxylic acids is 2. The van der Waals surface area contributed by atoms with Crippen molar-refractivity contribution in [3.8, 4) is 0 Å². The van der Waals surface area contributed by atoms with Gasteiger partial charge in [0.05, 0.1) is 17.7 Å². The predicted octanol–water partition coefficient (Wildman–Crippen LogP) is 6.55. The first-order chi connectivity index (χ1) is 17.1. The first-order valence-electron chi connectivity index (χ1n) is 11.6. The lowest BCUT2D eigenvalue weighted by molar-refractivity contribution is -0.143. The number of alkyl halides is 3. The molecule has 0 saturated heterocycles. The fourth-order valence-electron chi connectivity index (χ4n) is 4.59. The number of hydrogen-bond acceptors (Lipinski definition) is 3. The maximum Gasteiger partial charge on any atom is 0.416 e. The van der Waals surface area contributed by atoms with Crippen LogP contribution in [0.2, 0.25) is 0 Å². The van der Waals surface area contributed by atoms with Crippen LogP contribution in [0.4, 0.5) is 13.2 Å². The number of rotatable bonds is 6. The summed E-state index contributed by atoms with van der Waals surface area (Å²) < 4.78 is 47.2. The lowest BCUT2D eigenvalue weighted by Crippen LogP contribution is -2.38. The van der Waals surface area contributed by atoms with Crippen LogP contribution in [-0.2, 0) is 33.7 Å². The van der Waals surface area contributed by atoms with Crippen LogP contribution in [0.1, 0.15) is 47.1 Å². The normalized spacial score (nSPS) is 16.3. The van der Waals surface area contributed by atoms with E-state index in [1.165, 1.54) is 23.1 Å². The summed E-state index contributed by atoms with van der Waals surface area (Å²) in [6, 6.07) is 21.7. The van der Waals surface area contributed by atoms with Crippen LogP contribution in [0.3, 0.4) is 0 Å². The standard InChI is InChI=1S/C29H26F3NO3/c1-19-9-8-12-22(15-19)17-33-20(2)27(28(35)36-18-21-10-4-3-5-11-21)24(16-26(33)34)23-13-6-7-14-25(23)29(30,31)32/h3-15,24H,16-18H2,1-2H3/t24-/m1/s1. The smallest absolute Gasteiger partial charge is 0.416 e. The van der Waals surface area contributed by atoms with Crippen LogP contribution in [0, 0.1) is 6.92 Å². The highest BCUT2D eigenvalue weighted by Gasteiger charge is 2.42. The fourth-order valence-corrected chi connectivity index (χ4v) is 4.59. The molecule has 0 saturated carbocycles. The maximum atomic E-state index is 13.9. The van der Waals surface area contributed by atoms with Crippen LogP contribution < -0.4 is 0 Å². The van der Waals surface area contributed by atoms with E-state index in [9.17, 15) is 22.8 Å². The summed E-state index contributed by atoms with van der Waals surface area (Å²) in [4.78, 5) is 28.1. The number of amides is 1. The van der Waals surface area contributed by atoms with Crippen molar-refractivity contribution < 1.29 is 27.5 Å². The van der Waals surface area contributed by atoms with Gasteiger partial charge >= 0.3 is 12.1 Å². The highest BCUT2D eigenvalue weighted by Crippen LogP contribution is 2.43. The van der Waals surface area contributed by atoms with E-state index >= 15 is 0 Å². The monoisotopic (exact) mass is 493 g/mol. The number of ether oxygens (including phenoxy) is 1. The molecule has 0 unspecified atom stereocenters. The molecule has 3 aromatic carbocycles. The zero-order chi connectivity index (χ0) is 25.9. The summed E-state index contributed by atoms with van der Waals surface area (Å²) in [5.41, 5.74) is 2.00. The summed E-state index contributed by atoms with van der Waals surface area (Å²) in [5.74, 6) is -2.16. The highest BCUT2D eigenvalue weighted by atomic mass is 19.4. The summed E-state index contributed by atoms with van der Waals surface area (Å²) in [7, 11) is 0. The third kappa shape index (κ3) is 5.51. The molecule has 0 radical (unpaired) electrons. The molecule has 4 rings (SSSR count). The topological polar surface area (TPSA) is 46.6 Å². The SMILES string of the molecule is CC1=C(C(=O)OCc2ccccc2)[C@@H](c2ccccc2C(F)(F)F)CC(=O)N1Cc1cccc(C)c1. The van der Waals surface area contributed by atoms with Crippen molar-refractivity contribution >= 4 is 11.9 Å². The maximum absolute atomic E-state index is 13.9. The molecule has 0 aromatic heterocycles. The lowest BCUT2D eigenvalue weighted by Gasteiger charge is -2.35. The zero-order valence-electron chi connectivity index (χ0n) is 20.0. The fraction of sp³-hybridized carbons (Fsp3) is 0.241. The van der Waals surface area contributed by atoms with Gasteiger partial charge in [0.2, 0.25) is 5.91 Å². The van der Waals surface area contributed by atoms with E-state index in [1.807, 2.05) is 37.3 Å². The van der Waals surface area contributed by atoms with Gasteiger partial charge in [0.15, 0.2) is 0 Å². The Morgan fingerprint density at radius 1 is 0.944 bits per heavy atom. The highest BCUT2D eigenvalue weighted by molar-refractivity contribution is 5.96. The van der Waals surface area contributed by atoms with Crippen molar-refractivity contribution in [2.45, 2.75) is 45.5 Å². The van der Waals surface area contributed by atoms with Gasteiger partial charge in [-0.15, -0.1) is 0 Å². The molecule has 0 fully saturated rings. The van der Waals surface area contributed by atoms with Gasteiger partial charge in [-0.25, -0.2) is 4.79 Å². The van der Waals surface area contributed by atoms with Gasteiger partial charge in [-0.05, 0) is 36.6 Å². The molecule has 186 valence electrons. The molecule has 3 aromatic rings. The number of esters is 1. The number of nitrogens with zero attached hydrogens (tertiary/aromatic N) is 1. The van der Waals surface area contributed by atoms with E-state index in [4.69, 9.17) is 4.74 Å². The Balaban J connectivity index is 1.76. The molecule has 0 aliphatic carbocycles. The molecule has 1 atom stereocenters. The minimum absolute atomic E-state index is 0.0318. The van der Waals surface area contributed by atoms with Crippen molar-refractivity contribution in [3.63, 3.8) is 0 Å². The largest absolute Gasteiger partial charge is 0.457 e. The molecule has 0 N–H and O–H groups in total. The van der Waals surface area contributed by atoms with Crippen LogP contribution in [0.25, 0.3) is 0 Å². The molecular formula is C29H26F3NO3. The number of carbonyl (C=O) groups is 2. The van der Waals surface area contributed by atoms with Crippen molar-refractivity contribution in [2.24, 2.45) is 0 Å². The molecule has 1 heterocycles. The van der Waals surface area contributed by atoms with Crippen LogP contribution in [0.5, 0.6) is 0 Å². The van der Waals surface area contributed by atoms with E-state index in [2.05, 4.69) is 0 Å². The van der Waals surface area contributed by atoms with Gasteiger partial charge in [0.1, 0.15) is 6.61 Å². The van der Waals surface area contributed by atoms with Gasteiger partial charge in [0.25, 0.3) is 0 Å². The third-order valence-electron chi connectivity index (χ3n) is 6.32. The summed E-state index contributed by atoms with van der Waals surface area (Å²) in [6.07, 6.45) is -4.91. The van der Waals surface area contributed by atoms with Gasteiger partial charge in [-0.1, -0.05) is 78.4 Å². The van der Waals surface area contributed by atoms with Crippen molar-refractivity contribution in [3.05, 3.63) is 118 Å². The van der Waals surface area contributed by atoms with E-state index in [0.29, 0.717) is 5.70 Å². The minimum atomic E-state index is -4.63. The number of benzene rings is 3. The number of hydrogen-bond donors (Lipinski definition) is 0. The first kappa shape index (κ1) is 25.2. The van der Waals surface area contributed by atoms with Crippen molar-refractivity contribution in [1.29, 1.82) is 0 Å². The van der Waals surface area contributed by atoms with Crippen LogP contribution in [-0.4, -0.2) is 16.8 Å². The summed E-state index contributed by atoms with van der Waals surface area (Å²) in [5, 5.41) is 0. The third-order valence-corrected chi connectivity index (χ3v) is 6.32. The summed E-state index contributed by atoms with van der Waals surface area (Å²) >= 11 is 0. The molecule has 1 aliphatic heterocycles. The van der Waals surface area contributed by atoms with Crippen molar-refractivity contribution in [2.75, 3.05) is 0 Å². The van der Waals surface area contributed by atoms with E-state index in [-0.39, 0.29) is 36.6 Å². The molecule has 4 nitrogen and oxygen atoms in total. The molecule has 1 aliphatic rings. The van der Waals surface area contributed by atoms with Gasteiger partial charge in [0, 0.05) is 18.0 Å². The van der Waals surface area contributed by atoms with E-state index in [1.54, 1.807) is 31.2 Å². The average Bonchev–Trinajstić information content (AvgIpc) is 2.85. The van der Waals surface area contributed by atoms with E-state index in [0.717, 1.165) is 22.8 Å². The Hall–Kier alpha value is -3.87. The Bertz CT molecular complexity index is 1300. The zero-order valence-corrected chi connectivity index (χ0v) is 20.0. The molecule has 36 heavy (non-hydrogen) atoms. The second kappa shape index (κ2) is 10.4. The molecular weight excluding hydrogens is 467 g/mol. The Kier molecular flexibility index (Phi) is 7.29. The molecule has 0 spiro atoms. The molecule has 1 amide bonds. The lowest BCUT2D eigenvalue weighted by atomic mass is 9.81. The second-order valence-electron chi connectivity index (χ2n) is 8.87. The first-order valence-corrected chi connectivity index (χ1v) is 11.6. The van der Waals surface area contributed by atoms with E-state index < -0.39 is 23.6 Å². The quantitative estimate of drug-likeness (QED) is 0.366. The Morgan fingerprint density at radius 2 is 1.61 bits per heavy atom. The second-order valence-corrected chi connectivity index (χ2v) is 8.87. The van der Waals surface area contributed by atoms with Crippen LogP contribution in [0.15, 0.2) is 90.1 Å². The van der Waals surface area contributed by atoms with Gasteiger partial charge in [-0.2, -0.15) is 13.2 Å². The minimum Gasteiger partial charge on any atom is -0.457 e. The van der Waals surface area contributed by atoms with Crippen molar-refractivity contribution in [1.82, 2.24) is 4.90 Å². The van der Waals surface area contributed by atoms with Crippen LogP contribution >= 0.6 is 0 Å². The predicted molar refractivity (Wildman–Crippen MR) is 129 cm³/mol. The Labute approximate surface area is 208 Å². The number of halogens is 3. The number of allylic oxidation sites excluding steroid dienone is 1. The average molecular weight is 494 g/mol. The number of aryl methyl sites for hydroxylation is 1. The van der Waals surface area contributed by atoms with Gasteiger partial charge < -0.3 is 9.64 Å². The van der Waals surface area contributed by atoms with Gasteiger partial charge in [-0.3, -0.25) is 4.79 Å². The Morgan fingerprint density at radius 3 is 2.31 bits per heavy atom. The molecule has 7 heteroatoms. The summed E-state index contributed by atoms with van der Waals surface area (Å²) in [6.45, 7) is 3.70. The molecule has 0 bridgehead atoms.